The lowest BCUT2D eigenvalue weighted by molar-refractivity contribution is 0.457. The molecule has 0 atom stereocenters. The predicted molar refractivity (Wildman–Crippen MR) is 87.0 cm³/mol. The maximum absolute atomic E-state index is 2.30. The second kappa shape index (κ2) is 12.1. The molecule has 0 nitrogen and oxygen atoms in total. The molecule has 0 N–H and O–H groups in total. The summed E-state index contributed by atoms with van der Waals surface area (Å²) in [6, 6.07) is 0. The lowest BCUT2D eigenvalue weighted by atomic mass is 10.0. The summed E-state index contributed by atoms with van der Waals surface area (Å²) in [6.07, 6.45) is 5.80. The molecule has 0 heterocycles. The van der Waals surface area contributed by atoms with Gasteiger partial charge in [0.1, 0.15) is 0 Å². The van der Waals surface area contributed by atoms with Gasteiger partial charge in [0.15, 0.2) is 0 Å². The standard InChI is InChI=1S/C7H14.C6H14.C5H12/c1-6(2)5-7-3-4-7;1-5(2)6(3)4;1-4-5(2)3/h6-7H,3-5H2,1-2H3;5-6H,1-4H3;5H,4H2,1-3H3. The van der Waals surface area contributed by atoms with Crippen LogP contribution in [0, 0.1) is 29.6 Å². The van der Waals surface area contributed by atoms with Crippen molar-refractivity contribution in [3.63, 3.8) is 0 Å². The Balaban J connectivity index is 0. The predicted octanol–water partition coefficient (Wildman–Crippen LogP) is 6.79. The van der Waals surface area contributed by atoms with Gasteiger partial charge >= 0.3 is 0 Å². The van der Waals surface area contributed by atoms with E-state index in [4.69, 9.17) is 0 Å². The first-order chi connectivity index (χ1) is 8.20. The van der Waals surface area contributed by atoms with Gasteiger partial charge < -0.3 is 0 Å². The molecule has 1 saturated carbocycles. The van der Waals surface area contributed by atoms with Crippen molar-refractivity contribution in [2.24, 2.45) is 29.6 Å². The topological polar surface area (TPSA) is 0 Å². The van der Waals surface area contributed by atoms with Gasteiger partial charge in [-0.15, -0.1) is 0 Å². The number of rotatable bonds is 4. The van der Waals surface area contributed by atoms with Gasteiger partial charge in [0.05, 0.1) is 0 Å². The summed E-state index contributed by atoms with van der Waals surface area (Å²) in [4.78, 5) is 0. The largest absolute Gasteiger partial charge is 0.0651 e. The molecular formula is C18H40. The lowest BCUT2D eigenvalue weighted by Crippen LogP contribution is -1.95. The zero-order chi connectivity index (χ0) is 14.7. The molecule has 112 valence electrons. The van der Waals surface area contributed by atoms with Crippen molar-refractivity contribution in [3.05, 3.63) is 0 Å². The molecule has 0 spiro atoms. The molecule has 0 aromatic rings. The average molecular weight is 257 g/mol. The van der Waals surface area contributed by atoms with E-state index >= 15 is 0 Å². The lowest BCUT2D eigenvalue weighted by Gasteiger charge is -2.05. The molecule has 0 amide bonds. The third-order valence-corrected chi connectivity index (χ3v) is 3.65. The summed E-state index contributed by atoms with van der Waals surface area (Å²) in [5.41, 5.74) is 0. The molecule has 1 fully saturated rings. The Morgan fingerprint density at radius 3 is 1.11 bits per heavy atom. The van der Waals surface area contributed by atoms with Gasteiger partial charge in [0.2, 0.25) is 0 Å². The van der Waals surface area contributed by atoms with Gasteiger partial charge in [-0.3, -0.25) is 0 Å². The van der Waals surface area contributed by atoms with E-state index in [1.54, 1.807) is 0 Å². The summed E-state index contributed by atoms with van der Waals surface area (Å²) >= 11 is 0. The molecule has 1 rings (SSSR count). The first kappa shape index (κ1) is 20.3. The summed E-state index contributed by atoms with van der Waals surface area (Å²) in [7, 11) is 0. The van der Waals surface area contributed by atoms with Crippen molar-refractivity contribution in [3.8, 4) is 0 Å². The maximum atomic E-state index is 2.30. The minimum absolute atomic E-state index is 0.852. The molecule has 1 aliphatic carbocycles. The molecule has 0 saturated heterocycles. The van der Waals surface area contributed by atoms with Crippen LogP contribution in [-0.4, -0.2) is 0 Å². The molecule has 18 heavy (non-hydrogen) atoms. The number of hydrogen-bond donors (Lipinski definition) is 0. The minimum atomic E-state index is 0.852. The monoisotopic (exact) mass is 256 g/mol. The smallest absolute Gasteiger partial charge is 0.0412 e. The highest BCUT2D eigenvalue weighted by Gasteiger charge is 2.21. The van der Waals surface area contributed by atoms with Crippen LogP contribution in [-0.2, 0) is 0 Å². The molecule has 0 bridgehead atoms. The van der Waals surface area contributed by atoms with Crippen LogP contribution in [0.1, 0.15) is 88.0 Å². The Morgan fingerprint density at radius 2 is 1.06 bits per heavy atom. The van der Waals surface area contributed by atoms with E-state index in [1.807, 2.05) is 0 Å². The molecule has 0 aromatic carbocycles. The fraction of sp³-hybridized carbons (Fsp3) is 1.00. The minimum Gasteiger partial charge on any atom is -0.0651 e. The normalized spacial score (nSPS) is 14.5. The third-order valence-electron chi connectivity index (χ3n) is 3.65. The van der Waals surface area contributed by atoms with Crippen LogP contribution in [0.2, 0.25) is 0 Å². The van der Waals surface area contributed by atoms with Gasteiger partial charge in [-0.05, 0) is 36.0 Å². The zero-order valence-corrected chi connectivity index (χ0v) is 14.7. The van der Waals surface area contributed by atoms with Crippen LogP contribution < -0.4 is 0 Å². The van der Waals surface area contributed by atoms with E-state index in [-0.39, 0.29) is 0 Å². The SMILES string of the molecule is CC(C)C(C)C.CC(C)CC1CC1.CCC(C)C. The van der Waals surface area contributed by atoms with Crippen LogP contribution in [0.15, 0.2) is 0 Å². The Hall–Kier alpha value is 0. The maximum Gasteiger partial charge on any atom is -0.0412 e. The van der Waals surface area contributed by atoms with Gasteiger partial charge in [-0.1, -0.05) is 81.6 Å². The van der Waals surface area contributed by atoms with Crippen molar-refractivity contribution < 1.29 is 0 Å². The van der Waals surface area contributed by atoms with Crippen LogP contribution in [0.3, 0.4) is 0 Å². The second-order valence-electron chi connectivity index (χ2n) is 7.36. The van der Waals surface area contributed by atoms with Crippen molar-refractivity contribution in [1.82, 2.24) is 0 Å². The third kappa shape index (κ3) is 21.3. The Labute approximate surface area is 118 Å². The van der Waals surface area contributed by atoms with Gasteiger partial charge in [-0.25, -0.2) is 0 Å². The van der Waals surface area contributed by atoms with Crippen LogP contribution in [0.5, 0.6) is 0 Å². The van der Waals surface area contributed by atoms with Gasteiger partial charge in [0, 0.05) is 0 Å². The summed E-state index contributed by atoms with van der Waals surface area (Å²) in [5, 5.41) is 0. The molecule has 0 aliphatic heterocycles. The highest BCUT2D eigenvalue weighted by Crippen LogP contribution is 2.34. The van der Waals surface area contributed by atoms with E-state index in [9.17, 15) is 0 Å². The second-order valence-corrected chi connectivity index (χ2v) is 7.36. The Kier molecular flexibility index (Phi) is 13.6. The fourth-order valence-corrected chi connectivity index (χ4v) is 1.02. The van der Waals surface area contributed by atoms with Gasteiger partial charge in [-0.2, -0.15) is 0 Å². The van der Waals surface area contributed by atoms with Crippen molar-refractivity contribution in [1.29, 1.82) is 0 Å². The van der Waals surface area contributed by atoms with E-state index in [1.165, 1.54) is 25.7 Å². The van der Waals surface area contributed by atoms with Crippen LogP contribution >= 0.6 is 0 Å². The van der Waals surface area contributed by atoms with Crippen molar-refractivity contribution >= 4 is 0 Å². The quantitative estimate of drug-likeness (QED) is 0.519. The number of hydrogen-bond acceptors (Lipinski definition) is 0. The summed E-state index contributed by atoms with van der Waals surface area (Å²) in [6.45, 7) is 20.2. The molecule has 1 aliphatic rings. The first-order valence-electron chi connectivity index (χ1n) is 8.20. The summed E-state index contributed by atoms with van der Waals surface area (Å²) in [5.74, 6) is 4.65. The van der Waals surface area contributed by atoms with Crippen LogP contribution in [0.25, 0.3) is 0 Å². The molecular weight excluding hydrogens is 216 g/mol. The van der Waals surface area contributed by atoms with E-state index in [2.05, 4.69) is 62.3 Å². The highest BCUT2D eigenvalue weighted by molar-refractivity contribution is 4.73. The van der Waals surface area contributed by atoms with E-state index in [0.29, 0.717) is 0 Å². The molecule has 0 heteroatoms. The van der Waals surface area contributed by atoms with E-state index < -0.39 is 0 Å². The summed E-state index contributed by atoms with van der Waals surface area (Å²) < 4.78 is 0. The molecule has 0 radical (unpaired) electrons. The van der Waals surface area contributed by atoms with Gasteiger partial charge in [0.25, 0.3) is 0 Å². The first-order valence-corrected chi connectivity index (χ1v) is 8.20. The zero-order valence-electron chi connectivity index (χ0n) is 14.7. The van der Waals surface area contributed by atoms with E-state index in [0.717, 1.165) is 29.6 Å². The van der Waals surface area contributed by atoms with Crippen molar-refractivity contribution in [2.45, 2.75) is 88.0 Å². The Morgan fingerprint density at radius 1 is 0.722 bits per heavy atom. The average Bonchev–Trinajstić information content (AvgIpc) is 3.02. The Bertz CT molecular complexity index is 143. The fourth-order valence-electron chi connectivity index (χ4n) is 1.02. The highest BCUT2D eigenvalue weighted by atomic mass is 14.3. The molecule has 0 unspecified atom stereocenters. The molecule has 0 aromatic heterocycles. The van der Waals surface area contributed by atoms with Crippen molar-refractivity contribution in [2.75, 3.05) is 0 Å². The van der Waals surface area contributed by atoms with Crippen LogP contribution in [0.4, 0.5) is 0 Å².